The van der Waals surface area contributed by atoms with Crippen molar-refractivity contribution in [3.8, 4) is 0 Å². The first-order valence-corrected chi connectivity index (χ1v) is 7.16. The van der Waals surface area contributed by atoms with E-state index in [9.17, 15) is 4.79 Å². The molecule has 0 aliphatic carbocycles. The molecule has 0 unspecified atom stereocenters. The minimum Gasteiger partial charge on any atom is -0.466 e. The number of rotatable bonds is 5. The normalized spacial score (nSPS) is 24.3. The molecular weight excluding hydrogens is 268 g/mol. The summed E-state index contributed by atoms with van der Waals surface area (Å²) >= 11 is 0. The summed E-state index contributed by atoms with van der Waals surface area (Å²) in [7, 11) is 1.36. The molecular formula is C17H22O4. The van der Waals surface area contributed by atoms with E-state index in [4.69, 9.17) is 9.47 Å². The van der Waals surface area contributed by atoms with E-state index in [-0.39, 0.29) is 18.2 Å². The molecule has 0 radical (unpaired) electrons. The Morgan fingerprint density at radius 2 is 2.00 bits per heavy atom. The van der Waals surface area contributed by atoms with Crippen molar-refractivity contribution in [2.45, 2.75) is 44.7 Å². The smallest absolute Gasteiger partial charge is 0.330 e. The van der Waals surface area contributed by atoms with Crippen LogP contribution in [0.1, 0.15) is 25.8 Å². The third kappa shape index (κ3) is 4.69. The molecule has 1 heterocycles. The van der Waals surface area contributed by atoms with Crippen molar-refractivity contribution in [3.05, 3.63) is 48.0 Å². The highest BCUT2D eigenvalue weighted by atomic mass is 16.7. The number of hydrogen-bond acceptors (Lipinski definition) is 4. The van der Waals surface area contributed by atoms with Crippen molar-refractivity contribution in [1.29, 1.82) is 0 Å². The molecule has 2 rings (SSSR count). The molecule has 4 nitrogen and oxygen atoms in total. The Labute approximate surface area is 125 Å². The fourth-order valence-electron chi connectivity index (χ4n) is 2.44. The summed E-state index contributed by atoms with van der Waals surface area (Å²) in [6, 6.07) is 10.3. The van der Waals surface area contributed by atoms with Gasteiger partial charge in [-0.15, -0.1) is 0 Å². The molecule has 0 saturated carbocycles. The van der Waals surface area contributed by atoms with E-state index in [0.29, 0.717) is 0 Å². The van der Waals surface area contributed by atoms with Gasteiger partial charge < -0.3 is 14.2 Å². The van der Waals surface area contributed by atoms with E-state index in [0.717, 1.165) is 12.8 Å². The van der Waals surface area contributed by atoms with Crippen molar-refractivity contribution in [3.63, 3.8) is 0 Å². The molecule has 1 saturated heterocycles. The topological polar surface area (TPSA) is 44.8 Å². The highest BCUT2D eigenvalue weighted by Gasteiger charge is 2.39. The lowest BCUT2D eigenvalue weighted by Gasteiger charge is -2.16. The fourth-order valence-corrected chi connectivity index (χ4v) is 2.44. The van der Waals surface area contributed by atoms with Crippen LogP contribution in [0.15, 0.2) is 42.5 Å². The lowest BCUT2D eigenvalue weighted by Crippen LogP contribution is -2.22. The van der Waals surface area contributed by atoms with E-state index in [2.05, 4.69) is 16.9 Å². The van der Waals surface area contributed by atoms with Gasteiger partial charge in [-0.25, -0.2) is 4.79 Å². The molecule has 0 spiro atoms. The molecule has 1 aromatic carbocycles. The first-order chi connectivity index (χ1) is 10.00. The number of esters is 1. The van der Waals surface area contributed by atoms with Crippen LogP contribution in [0.4, 0.5) is 0 Å². The molecule has 0 amide bonds. The summed E-state index contributed by atoms with van der Waals surface area (Å²) < 4.78 is 16.4. The van der Waals surface area contributed by atoms with Crippen LogP contribution in [0.2, 0.25) is 0 Å². The zero-order chi connectivity index (χ0) is 15.3. The average molecular weight is 290 g/mol. The standard InChI is InChI=1S/C17H22O4/c1-17(2)20-14(10-9-13-7-5-4-6-8-13)15(21-17)11-12-16(18)19-3/h4-8,11-12,14-15H,9-10H2,1-3H3/b12-11+/t14-,15-/m1/s1. The Hall–Kier alpha value is -1.65. The van der Waals surface area contributed by atoms with Gasteiger partial charge in [0.2, 0.25) is 0 Å². The molecule has 0 bridgehead atoms. The largest absolute Gasteiger partial charge is 0.466 e. The number of hydrogen-bond donors (Lipinski definition) is 0. The fraction of sp³-hybridized carbons (Fsp3) is 0.471. The molecule has 0 aromatic heterocycles. The van der Waals surface area contributed by atoms with Gasteiger partial charge in [-0.05, 0) is 38.3 Å². The van der Waals surface area contributed by atoms with Crippen molar-refractivity contribution >= 4 is 5.97 Å². The Morgan fingerprint density at radius 3 is 2.67 bits per heavy atom. The summed E-state index contributed by atoms with van der Waals surface area (Å²) in [5.41, 5.74) is 1.27. The molecule has 1 aliphatic heterocycles. The molecule has 1 fully saturated rings. The van der Waals surface area contributed by atoms with Gasteiger partial charge in [0.25, 0.3) is 0 Å². The van der Waals surface area contributed by atoms with E-state index >= 15 is 0 Å². The zero-order valence-corrected chi connectivity index (χ0v) is 12.7. The Kier molecular flexibility index (Phi) is 5.15. The molecule has 0 N–H and O–H groups in total. The molecule has 2 atom stereocenters. The van der Waals surface area contributed by atoms with E-state index in [1.807, 2.05) is 32.0 Å². The number of methoxy groups -OCH3 is 1. The summed E-state index contributed by atoms with van der Waals surface area (Å²) in [5, 5.41) is 0. The second kappa shape index (κ2) is 6.87. The first kappa shape index (κ1) is 15.7. The highest BCUT2D eigenvalue weighted by Crippen LogP contribution is 2.31. The summed E-state index contributed by atoms with van der Waals surface area (Å²) in [5.74, 6) is -1.02. The lowest BCUT2D eigenvalue weighted by atomic mass is 10.0. The summed E-state index contributed by atoms with van der Waals surface area (Å²) in [4.78, 5) is 11.2. The van der Waals surface area contributed by atoms with Crippen molar-refractivity contribution in [2.24, 2.45) is 0 Å². The number of ether oxygens (including phenoxy) is 3. The molecule has 4 heteroatoms. The Bertz CT molecular complexity index is 493. The van der Waals surface area contributed by atoms with Crippen LogP contribution in [0.3, 0.4) is 0 Å². The number of carbonyl (C=O) groups is 1. The predicted octanol–water partition coefficient (Wildman–Crippen LogP) is 2.87. The highest BCUT2D eigenvalue weighted by molar-refractivity contribution is 5.81. The third-order valence-electron chi connectivity index (χ3n) is 3.41. The van der Waals surface area contributed by atoms with Crippen LogP contribution in [-0.2, 0) is 25.4 Å². The third-order valence-corrected chi connectivity index (χ3v) is 3.41. The van der Waals surface area contributed by atoms with Gasteiger partial charge in [-0.2, -0.15) is 0 Å². The van der Waals surface area contributed by atoms with Gasteiger partial charge in [0.1, 0.15) is 6.10 Å². The van der Waals surface area contributed by atoms with E-state index < -0.39 is 5.79 Å². The van der Waals surface area contributed by atoms with Gasteiger partial charge in [0, 0.05) is 6.08 Å². The molecule has 1 aliphatic rings. The molecule has 1 aromatic rings. The van der Waals surface area contributed by atoms with Gasteiger partial charge in [0.15, 0.2) is 5.79 Å². The van der Waals surface area contributed by atoms with Crippen LogP contribution < -0.4 is 0 Å². The quantitative estimate of drug-likeness (QED) is 0.618. The molecule has 21 heavy (non-hydrogen) atoms. The monoisotopic (exact) mass is 290 g/mol. The Morgan fingerprint density at radius 1 is 1.29 bits per heavy atom. The summed E-state index contributed by atoms with van der Waals surface area (Å²) in [6.07, 6.45) is 4.56. The SMILES string of the molecule is COC(=O)/C=C/[C@H]1OC(C)(C)O[C@@H]1CCc1ccccc1. The minimum atomic E-state index is -0.632. The second-order valence-electron chi connectivity index (χ2n) is 5.55. The number of aryl methyl sites for hydroxylation is 1. The van der Waals surface area contributed by atoms with Crippen molar-refractivity contribution in [1.82, 2.24) is 0 Å². The van der Waals surface area contributed by atoms with Crippen LogP contribution in [0.5, 0.6) is 0 Å². The van der Waals surface area contributed by atoms with Crippen LogP contribution in [0, 0.1) is 0 Å². The maximum Gasteiger partial charge on any atom is 0.330 e. The van der Waals surface area contributed by atoms with Gasteiger partial charge >= 0.3 is 5.97 Å². The maximum absolute atomic E-state index is 11.2. The van der Waals surface area contributed by atoms with Crippen LogP contribution >= 0.6 is 0 Å². The average Bonchev–Trinajstić information content (AvgIpc) is 2.78. The van der Waals surface area contributed by atoms with E-state index in [1.54, 1.807) is 6.08 Å². The number of carbonyl (C=O) groups excluding carboxylic acids is 1. The first-order valence-electron chi connectivity index (χ1n) is 7.16. The zero-order valence-electron chi connectivity index (χ0n) is 12.7. The number of benzene rings is 1. The van der Waals surface area contributed by atoms with Crippen LogP contribution in [-0.4, -0.2) is 31.1 Å². The Balaban J connectivity index is 1.98. The van der Waals surface area contributed by atoms with Crippen LogP contribution in [0.25, 0.3) is 0 Å². The minimum absolute atomic E-state index is 0.0684. The summed E-state index contributed by atoms with van der Waals surface area (Å²) in [6.45, 7) is 3.77. The predicted molar refractivity (Wildman–Crippen MR) is 79.7 cm³/mol. The van der Waals surface area contributed by atoms with E-state index in [1.165, 1.54) is 18.7 Å². The van der Waals surface area contributed by atoms with Gasteiger partial charge in [-0.1, -0.05) is 30.3 Å². The maximum atomic E-state index is 11.2. The van der Waals surface area contributed by atoms with Crippen molar-refractivity contribution in [2.75, 3.05) is 7.11 Å². The second-order valence-corrected chi connectivity index (χ2v) is 5.55. The lowest BCUT2D eigenvalue weighted by molar-refractivity contribution is -0.143. The van der Waals surface area contributed by atoms with Gasteiger partial charge in [-0.3, -0.25) is 0 Å². The van der Waals surface area contributed by atoms with Crippen molar-refractivity contribution < 1.29 is 19.0 Å². The van der Waals surface area contributed by atoms with Gasteiger partial charge in [0.05, 0.1) is 13.2 Å². The molecule has 114 valence electrons.